The zero-order valence-corrected chi connectivity index (χ0v) is 14.6. The van der Waals surface area contributed by atoms with Crippen LogP contribution in [-0.4, -0.2) is 22.7 Å². The van der Waals surface area contributed by atoms with Gasteiger partial charge in [0.15, 0.2) is 0 Å². The number of aromatic nitrogens is 1. The SMILES string of the molecule is CCOc1ccc2nc(-c3ccc(C(C)C)cc3)cc(C(=O)O)c2c1. The van der Waals surface area contributed by atoms with Gasteiger partial charge in [0.1, 0.15) is 5.75 Å². The number of benzene rings is 2. The average molecular weight is 335 g/mol. The highest BCUT2D eigenvalue weighted by Crippen LogP contribution is 2.28. The number of hydrogen-bond donors (Lipinski definition) is 1. The summed E-state index contributed by atoms with van der Waals surface area (Å²) < 4.78 is 5.48. The molecule has 0 bridgehead atoms. The van der Waals surface area contributed by atoms with Gasteiger partial charge in [-0.1, -0.05) is 38.1 Å². The number of carboxylic acid groups (broad SMARTS) is 1. The topological polar surface area (TPSA) is 59.4 Å². The van der Waals surface area contributed by atoms with E-state index in [0.717, 1.165) is 5.56 Å². The van der Waals surface area contributed by atoms with E-state index in [1.807, 2.05) is 25.1 Å². The highest BCUT2D eigenvalue weighted by Gasteiger charge is 2.14. The molecule has 0 fully saturated rings. The molecule has 2 aromatic carbocycles. The van der Waals surface area contributed by atoms with Crippen LogP contribution in [0.2, 0.25) is 0 Å². The Labute approximate surface area is 147 Å². The molecule has 25 heavy (non-hydrogen) atoms. The zero-order valence-electron chi connectivity index (χ0n) is 14.6. The maximum Gasteiger partial charge on any atom is 0.336 e. The number of carboxylic acids is 1. The highest BCUT2D eigenvalue weighted by atomic mass is 16.5. The van der Waals surface area contributed by atoms with Gasteiger partial charge in [0.05, 0.1) is 23.4 Å². The second-order valence-electron chi connectivity index (χ2n) is 6.25. The van der Waals surface area contributed by atoms with Crippen molar-refractivity contribution in [2.45, 2.75) is 26.7 Å². The minimum atomic E-state index is -0.971. The van der Waals surface area contributed by atoms with Crippen molar-refractivity contribution in [3.05, 3.63) is 59.7 Å². The smallest absolute Gasteiger partial charge is 0.336 e. The van der Waals surface area contributed by atoms with E-state index in [1.54, 1.807) is 18.2 Å². The summed E-state index contributed by atoms with van der Waals surface area (Å²) in [6.07, 6.45) is 0. The standard InChI is InChI=1S/C21H21NO3/c1-4-25-16-9-10-19-17(11-16)18(21(23)24)12-20(22-19)15-7-5-14(6-8-15)13(2)3/h5-13H,4H2,1-3H3,(H,23,24). The molecule has 0 amide bonds. The largest absolute Gasteiger partial charge is 0.494 e. The molecule has 4 nitrogen and oxygen atoms in total. The Kier molecular flexibility index (Phi) is 4.70. The molecule has 3 rings (SSSR count). The third-order valence-electron chi connectivity index (χ3n) is 4.19. The molecule has 0 spiro atoms. The number of ether oxygens (including phenoxy) is 1. The molecular weight excluding hydrogens is 314 g/mol. The van der Waals surface area contributed by atoms with Gasteiger partial charge in [-0.25, -0.2) is 9.78 Å². The molecule has 0 aliphatic carbocycles. The number of aromatic carboxylic acids is 1. The van der Waals surface area contributed by atoms with Crippen molar-refractivity contribution in [3.63, 3.8) is 0 Å². The van der Waals surface area contributed by atoms with E-state index < -0.39 is 5.97 Å². The Morgan fingerprint density at radius 3 is 2.44 bits per heavy atom. The molecule has 128 valence electrons. The van der Waals surface area contributed by atoms with Gasteiger partial charge in [-0.15, -0.1) is 0 Å². The minimum Gasteiger partial charge on any atom is -0.494 e. The maximum atomic E-state index is 11.7. The Balaban J connectivity index is 2.13. The second kappa shape index (κ2) is 6.93. The van der Waals surface area contributed by atoms with Crippen LogP contribution in [-0.2, 0) is 0 Å². The molecular formula is C21H21NO3. The molecule has 1 aromatic heterocycles. The fourth-order valence-corrected chi connectivity index (χ4v) is 2.82. The molecule has 0 aliphatic rings. The van der Waals surface area contributed by atoms with Crippen LogP contribution in [0.1, 0.15) is 42.6 Å². The quantitative estimate of drug-likeness (QED) is 0.703. The van der Waals surface area contributed by atoms with E-state index in [-0.39, 0.29) is 5.56 Å². The number of fused-ring (bicyclic) bond motifs is 1. The predicted octanol–water partition coefficient (Wildman–Crippen LogP) is 5.12. The molecule has 0 atom stereocenters. The van der Waals surface area contributed by atoms with Gasteiger partial charge in [0.2, 0.25) is 0 Å². The van der Waals surface area contributed by atoms with Crippen LogP contribution in [0.5, 0.6) is 5.75 Å². The van der Waals surface area contributed by atoms with Gasteiger partial charge in [-0.3, -0.25) is 0 Å². The summed E-state index contributed by atoms with van der Waals surface area (Å²) >= 11 is 0. The second-order valence-corrected chi connectivity index (χ2v) is 6.25. The van der Waals surface area contributed by atoms with Crippen molar-refractivity contribution < 1.29 is 14.6 Å². The lowest BCUT2D eigenvalue weighted by Gasteiger charge is -2.10. The van der Waals surface area contributed by atoms with E-state index in [1.165, 1.54) is 5.56 Å². The van der Waals surface area contributed by atoms with E-state index in [2.05, 4.69) is 31.0 Å². The lowest BCUT2D eigenvalue weighted by atomic mass is 9.99. The van der Waals surface area contributed by atoms with Gasteiger partial charge < -0.3 is 9.84 Å². The van der Waals surface area contributed by atoms with Crippen LogP contribution in [0.25, 0.3) is 22.2 Å². The first kappa shape index (κ1) is 17.0. The first-order valence-electron chi connectivity index (χ1n) is 8.40. The number of pyridine rings is 1. The van der Waals surface area contributed by atoms with Crippen molar-refractivity contribution in [1.29, 1.82) is 0 Å². The molecule has 1 heterocycles. The summed E-state index contributed by atoms with van der Waals surface area (Å²) in [6, 6.07) is 15.1. The molecule has 4 heteroatoms. The van der Waals surface area contributed by atoms with Gasteiger partial charge in [0, 0.05) is 10.9 Å². The van der Waals surface area contributed by atoms with E-state index in [4.69, 9.17) is 4.74 Å². The molecule has 0 unspecified atom stereocenters. The number of carbonyl (C=O) groups is 1. The third-order valence-corrected chi connectivity index (χ3v) is 4.19. The van der Waals surface area contributed by atoms with Crippen molar-refractivity contribution >= 4 is 16.9 Å². The van der Waals surface area contributed by atoms with Crippen LogP contribution in [0, 0.1) is 0 Å². The number of nitrogens with zero attached hydrogens (tertiary/aromatic N) is 1. The Hall–Kier alpha value is -2.88. The maximum absolute atomic E-state index is 11.7. The van der Waals surface area contributed by atoms with Crippen LogP contribution >= 0.6 is 0 Å². The first-order chi connectivity index (χ1) is 12.0. The summed E-state index contributed by atoms with van der Waals surface area (Å²) in [5.74, 6) is 0.125. The molecule has 3 aromatic rings. The monoisotopic (exact) mass is 335 g/mol. The Morgan fingerprint density at radius 1 is 1.12 bits per heavy atom. The fourth-order valence-electron chi connectivity index (χ4n) is 2.82. The third kappa shape index (κ3) is 3.48. The summed E-state index contributed by atoms with van der Waals surface area (Å²) in [6.45, 7) is 6.70. The Morgan fingerprint density at radius 2 is 1.84 bits per heavy atom. The van der Waals surface area contributed by atoms with E-state index in [0.29, 0.717) is 34.9 Å². The van der Waals surface area contributed by atoms with Crippen molar-refractivity contribution in [2.75, 3.05) is 6.61 Å². The molecule has 0 saturated heterocycles. The normalized spacial score (nSPS) is 11.0. The average Bonchev–Trinajstić information content (AvgIpc) is 2.61. The number of rotatable bonds is 5. The molecule has 0 saturated carbocycles. The van der Waals surface area contributed by atoms with Crippen LogP contribution in [0.15, 0.2) is 48.5 Å². The van der Waals surface area contributed by atoms with Crippen LogP contribution in [0.4, 0.5) is 0 Å². The van der Waals surface area contributed by atoms with Gasteiger partial charge >= 0.3 is 5.97 Å². The zero-order chi connectivity index (χ0) is 18.0. The summed E-state index contributed by atoms with van der Waals surface area (Å²) in [5, 5.41) is 10.2. The minimum absolute atomic E-state index is 0.231. The van der Waals surface area contributed by atoms with Gasteiger partial charge in [-0.05, 0) is 42.7 Å². The van der Waals surface area contributed by atoms with Crippen LogP contribution < -0.4 is 4.74 Å². The lowest BCUT2D eigenvalue weighted by Crippen LogP contribution is -2.01. The van der Waals surface area contributed by atoms with Gasteiger partial charge in [-0.2, -0.15) is 0 Å². The lowest BCUT2D eigenvalue weighted by molar-refractivity contribution is 0.0699. The van der Waals surface area contributed by atoms with Gasteiger partial charge in [0.25, 0.3) is 0 Å². The van der Waals surface area contributed by atoms with E-state index >= 15 is 0 Å². The summed E-state index contributed by atoms with van der Waals surface area (Å²) in [5.41, 5.74) is 3.68. The molecule has 0 radical (unpaired) electrons. The number of hydrogen-bond acceptors (Lipinski definition) is 3. The first-order valence-corrected chi connectivity index (χ1v) is 8.40. The summed E-state index contributed by atoms with van der Waals surface area (Å²) in [7, 11) is 0. The van der Waals surface area contributed by atoms with Crippen molar-refractivity contribution in [1.82, 2.24) is 4.98 Å². The van der Waals surface area contributed by atoms with Crippen molar-refractivity contribution in [3.8, 4) is 17.0 Å². The highest BCUT2D eigenvalue weighted by molar-refractivity contribution is 6.04. The molecule has 0 aliphatic heterocycles. The predicted molar refractivity (Wildman–Crippen MR) is 99.4 cm³/mol. The Bertz CT molecular complexity index is 914. The molecule has 1 N–H and O–H groups in total. The van der Waals surface area contributed by atoms with Crippen LogP contribution in [0.3, 0.4) is 0 Å². The van der Waals surface area contributed by atoms with E-state index in [9.17, 15) is 9.90 Å². The van der Waals surface area contributed by atoms with Crippen molar-refractivity contribution in [2.24, 2.45) is 0 Å². The fraction of sp³-hybridized carbons (Fsp3) is 0.238. The summed E-state index contributed by atoms with van der Waals surface area (Å²) in [4.78, 5) is 16.4.